The van der Waals surface area contributed by atoms with Gasteiger partial charge in [-0.1, -0.05) is 51.8 Å². The van der Waals surface area contributed by atoms with Crippen molar-refractivity contribution < 1.29 is 0 Å². The SMILES string of the molecule is Cc1cccc(CC(CSc2cccc(Br)c2)NN)c1. The number of aryl methyl sites for hydroxylation is 1. The van der Waals surface area contributed by atoms with Gasteiger partial charge in [-0.15, -0.1) is 11.8 Å². The lowest BCUT2D eigenvalue weighted by Crippen LogP contribution is -2.38. The van der Waals surface area contributed by atoms with E-state index in [1.807, 2.05) is 17.8 Å². The number of halogens is 1. The molecule has 1 atom stereocenters. The van der Waals surface area contributed by atoms with Gasteiger partial charge in [-0.05, 0) is 37.1 Å². The molecule has 3 N–H and O–H groups in total. The Morgan fingerprint density at radius 1 is 1.20 bits per heavy atom. The number of nitrogens with one attached hydrogen (secondary N) is 1. The fourth-order valence-electron chi connectivity index (χ4n) is 2.04. The summed E-state index contributed by atoms with van der Waals surface area (Å²) >= 11 is 5.31. The van der Waals surface area contributed by atoms with Crippen molar-refractivity contribution in [1.29, 1.82) is 0 Å². The van der Waals surface area contributed by atoms with Gasteiger partial charge in [0.2, 0.25) is 0 Å². The zero-order valence-corrected chi connectivity index (χ0v) is 13.9. The molecule has 0 aromatic heterocycles. The lowest BCUT2D eigenvalue weighted by atomic mass is 10.1. The first kappa shape index (κ1) is 15.6. The van der Waals surface area contributed by atoms with E-state index >= 15 is 0 Å². The molecule has 1 unspecified atom stereocenters. The lowest BCUT2D eigenvalue weighted by molar-refractivity contribution is 0.575. The molecule has 2 aromatic rings. The number of hydrogen-bond donors (Lipinski definition) is 2. The standard InChI is InChI=1S/C16H19BrN2S/c1-12-4-2-5-13(8-12)9-15(19-18)11-20-16-7-3-6-14(17)10-16/h2-8,10,15,19H,9,11,18H2,1H3. The minimum atomic E-state index is 0.265. The van der Waals surface area contributed by atoms with Crippen LogP contribution in [0.3, 0.4) is 0 Å². The minimum Gasteiger partial charge on any atom is -0.271 e. The highest BCUT2D eigenvalue weighted by Crippen LogP contribution is 2.23. The molecular weight excluding hydrogens is 332 g/mol. The Kier molecular flexibility index (Phi) is 6.10. The topological polar surface area (TPSA) is 38.0 Å². The van der Waals surface area contributed by atoms with Crippen molar-refractivity contribution in [3.05, 3.63) is 64.1 Å². The van der Waals surface area contributed by atoms with Gasteiger partial charge in [0.1, 0.15) is 0 Å². The van der Waals surface area contributed by atoms with Crippen molar-refractivity contribution in [1.82, 2.24) is 5.43 Å². The molecule has 0 aliphatic carbocycles. The van der Waals surface area contributed by atoms with Gasteiger partial charge < -0.3 is 0 Å². The maximum absolute atomic E-state index is 5.68. The first-order valence-corrected chi connectivity index (χ1v) is 8.35. The number of nitrogens with two attached hydrogens (primary N) is 1. The molecule has 20 heavy (non-hydrogen) atoms. The van der Waals surface area contributed by atoms with Crippen molar-refractivity contribution in [2.45, 2.75) is 24.3 Å². The number of rotatable bonds is 6. The van der Waals surface area contributed by atoms with E-state index in [4.69, 9.17) is 5.84 Å². The molecule has 2 nitrogen and oxygen atoms in total. The summed E-state index contributed by atoms with van der Waals surface area (Å²) in [6.07, 6.45) is 0.944. The number of thioether (sulfide) groups is 1. The maximum atomic E-state index is 5.68. The molecule has 0 heterocycles. The zero-order chi connectivity index (χ0) is 14.4. The summed E-state index contributed by atoms with van der Waals surface area (Å²) < 4.78 is 1.11. The Hall–Kier alpha value is -0.810. The second-order valence-corrected chi connectivity index (χ2v) is 6.83. The van der Waals surface area contributed by atoms with Gasteiger partial charge in [0.15, 0.2) is 0 Å². The molecular formula is C16H19BrN2S. The van der Waals surface area contributed by atoms with Crippen LogP contribution in [0.2, 0.25) is 0 Å². The summed E-state index contributed by atoms with van der Waals surface area (Å²) in [5, 5.41) is 0. The Balaban J connectivity index is 1.92. The molecule has 0 aliphatic heterocycles. The van der Waals surface area contributed by atoms with E-state index in [0.717, 1.165) is 16.6 Å². The van der Waals surface area contributed by atoms with Crippen LogP contribution in [0.1, 0.15) is 11.1 Å². The average molecular weight is 351 g/mol. The van der Waals surface area contributed by atoms with Gasteiger partial charge in [0.05, 0.1) is 0 Å². The predicted octanol–water partition coefficient (Wildman–Crippen LogP) is 3.92. The summed E-state index contributed by atoms with van der Waals surface area (Å²) in [6, 6.07) is 17.2. The van der Waals surface area contributed by atoms with Gasteiger partial charge in [-0.25, -0.2) is 0 Å². The smallest absolute Gasteiger partial charge is 0.0344 e. The summed E-state index contributed by atoms with van der Waals surface area (Å²) in [7, 11) is 0. The first-order chi connectivity index (χ1) is 9.67. The van der Waals surface area contributed by atoms with Crippen molar-refractivity contribution in [3.63, 3.8) is 0 Å². The Morgan fingerprint density at radius 3 is 2.70 bits per heavy atom. The largest absolute Gasteiger partial charge is 0.271 e. The number of hydrazine groups is 1. The van der Waals surface area contributed by atoms with E-state index in [-0.39, 0.29) is 6.04 Å². The van der Waals surface area contributed by atoms with Crippen LogP contribution in [0.5, 0.6) is 0 Å². The van der Waals surface area contributed by atoms with Crippen LogP contribution in [-0.2, 0) is 6.42 Å². The van der Waals surface area contributed by atoms with Crippen LogP contribution in [0.4, 0.5) is 0 Å². The van der Waals surface area contributed by atoms with Gasteiger partial charge in [0.25, 0.3) is 0 Å². The Labute approximate surface area is 133 Å². The lowest BCUT2D eigenvalue weighted by Gasteiger charge is -2.16. The molecule has 0 spiro atoms. The molecule has 4 heteroatoms. The molecule has 106 valence electrons. The molecule has 0 radical (unpaired) electrons. The van der Waals surface area contributed by atoms with Crippen molar-refractivity contribution in [3.8, 4) is 0 Å². The summed E-state index contributed by atoms with van der Waals surface area (Å²) in [5.41, 5.74) is 5.53. The van der Waals surface area contributed by atoms with Crippen LogP contribution < -0.4 is 11.3 Å². The van der Waals surface area contributed by atoms with E-state index < -0.39 is 0 Å². The third-order valence-corrected chi connectivity index (χ3v) is 4.70. The van der Waals surface area contributed by atoms with Crippen molar-refractivity contribution in [2.75, 3.05) is 5.75 Å². The van der Waals surface area contributed by atoms with Gasteiger partial charge >= 0.3 is 0 Å². The first-order valence-electron chi connectivity index (χ1n) is 6.57. The Bertz CT molecular complexity index is 560. The van der Waals surface area contributed by atoms with Gasteiger partial charge in [0, 0.05) is 21.2 Å². The van der Waals surface area contributed by atoms with E-state index in [9.17, 15) is 0 Å². The third-order valence-electron chi connectivity index (χ3n) is 3.05. The summed E-state index contributed by atoms with van der Waals surface area (Å²) in [4.78, 5) is 1.25. The predicted molar refractivity (Wildman–Crippen MR) is 90.9 cm³/mol. The molecule has 0 fully saturated rings. The van der Waals surface area contributed by atoms with E-state index in [0.29, 0.717) is 0 Å². The van der Waals surface area contributed by atoms with E-state index in [2.05, 4.69) is 70.7 Å². The van der Waals surface area contributed by atoms with E-state index in [1.54, 1.807) is 0 Å². The van der Waals surface area contributed by atoms with Crippen LogP contribution in [0.25, 0.3) is 0 Å². The highest BCUT2D eigenvalue weighted by molar-refractivity contribution is 9.10. The molecule has 0 saturated carbocycles. The molecule has 2 rings (SSSR count). The van der Waals surface area contributed by atoms with E-state index in [1.165, 1.54) is 16.0 Å². The second kappa shape index (κ2) is 7.84. The second-order valence-electron chi connectivity index (χ2n) is 4.83. The summed E-state index contributed by atoms with van der Waals surface area (Å²) in [6.45, 7) is 2.12. The van der Waals surface area contributed by atoms with Crippen LogP contribution in [0.15, 0.2) is 57.9 Å². The fourth-order valence-corrected chi connectivity index (χ4v) is 3.59. The number of hydrogen-bond acceptors (Lipinski definition) is 3. The Morgan fingerprint density at radius 2 is 2.00 bits per heavy atom. The van der Waals surface area contributed by atoms with Crippen molar-refractivity contribution in [2.24, 2.45) is 5.84 Å². The van der Waals surface area contributed by atoms with Gasteiger partial charge in [-0.3, -0.25) is 11.3 Å². The summed E-state index contributed by atoms with van der Waals surface area (Å²) in [5.74, 6) is 6.63. The van der Waals surface area contributed by atoms with Crippen LogP contribution >= 0.6 is 27.7 Å². The molecule has 0 aliphatic rings. The van der Waals surface area contributed by atoms with Crippen molar-refractivity contribution >= 4 is 27.7 Å². The van der Waals surface area contributed by atoms with Crippen LogP contribution in [0, 0.1) is 6.92 Å². The maximum Gasteiger partial charge on any atom is 0.0344 e. The molecule has 0 amide bonds. The molecule has 0 saturated heterocycles. The molecule has 2 aromatic carbocycles. The average Bonchev–Trinajstić information content (AvgIpc) is 2.43. The van der Waals surface area contributed by atoms with Crippen LogP contribution in [-0.4, -0.2) is 11.8 Å². The highest BCUT2D eigenvalue weighted by Gasteiger charge is 2.09. The normalized spacial score (nSPS) is 12.3. The number of benzene rings is 2. The van der Waals surface area contributed by atoms with Gasteiger partial charge in [-0.2, -0.15) is 0 Å². The molecule has 0 bridgehead atoms. The quantitative estimate of drug-likeness (QED) is 0.471. The fraction of sp³-hybridized carbons (Fsp3) is 0.250. The monoisotopic (exact) mass is 350 g/mol. The minimum absolute atomic E-state index is 0.265. The zero-order valence-electron chi connectivity index (χ0n) is 11.5. The highest BCUT2D eigenvalue weighted by atomic mass is 79.9. The third kappa shape index (κ3) is 4.94.